The maximum Gasteiger partial charge on any atom is 0.261 e. The maximum atomic E-state index is 13.0. The number of hydrogen-bond acceptors (Lipinski definition) is 4. The quantitative estimate of drug-likeness (QED) is 0.692. The van der Waals surface area contributed by atoms with Gasteiger partial charge in [-0.25, -0.2) is 8.42 Å². The van der Waals surface area contributed by atoms with E-state index in [0.717, 1.165) is 11.1 Å². The number of ether oxygens (including phenoxy) is 1. The van der Waals surface area contributed by atoms with E-state index in [1.54, 1.807) is 4.90 Å². The predicted octanol–water partition coefficient (Wildman–Crippen LogP) is 3.71. The van der Waals surface area contributed by atoms with Gasteiger partial charge in [0, 0.05) is 12.6 Å². The number of benzene rings is 2. The summed E-state index contributed by atoms with van der Waals surface area (Å²) >= 11 is 0. The zero-order valence-electron chi connectivity index (χ0n) is 17.3. The van der Waals surface area contributed by atoms with Gasteiger partial charge in [-0.05, 0) is 48.1 Å². The van der Waals surface area contributed by atoms with Gasteiger partial charge >= 0.3 is 0 Å². The molecule has 2 aromatic carbocycles. The molecule has 0 N–H and O–H groups in total. The molecule has 0 unspecified atom stereocenters. The molecule has 0 aromatic heterocycles. The largest absolute Gasteiger partial charge is 0.484 e. The number of aryl methyl sites for hydroxylation is 1. The van der Waals surface area contributed by atoms with E-state index >= 15 is 0 Å². The highest BCUT2D eigenvalue weighted by atomic mass is 32.2. The fraction of sp³-hybridized carbons (Fsp3) is 0.435. The first kappa shape index (κ1) is 21.4. The molecule has 0 spiro atoms. The van der Waals surface area contributed by atoms with Crippen LogP contribution in [0.1, 0.15) is 42.9 Å². The normalized spacial score (nSPS) is 18.0. The molecule has 1 aliphatic rings. The first-order valence-corrected chi connectivity index (χ1v) is 11.8. The van der Waals surface area contributed by atoms with Crippen LogP contribution < -0.4 is 4.74 Å². The smallest absolute Gasteiger partial charge is 0.261 e. The van der Waals surface area contributed by atoms with Crippen molar-refractivity contribution in [2.24, 2.45) is 0 Å². The molecule has 1 fully saturated rings. The van der Waals surface area contributed by atoms with Gasteiger partial charge < -0.3 is 9.64 Å². The Balaban J connectivity index is 1.74. The number of sulfone groups is 1. The Morgan fingerprint density at radius 3 is 2.48 bits per heavy atom. The number of carbonyl (C=O) groups is 1. The number of amides is 1. The third-order valence-corrected chi connectivity index (χ3v) is 7.07. The third-order valence-electron chi connectivity index (χ3n) is 5.32. The second-order valence-corrected chi connectivity index (χ2v) is 10.3. The summed E-state index contributed by atoms with van der Waals surface area (Å²) in [6, 6.07) is 15.4. The molecule has 5 nitrogen and oxygen atoms in total. The molecule has 2 aromatic rings. The molecule has 1 saturated heterocycles. The van der Waals surface area contributed by atoms with Crippen LogP contribution in [0, 0.1) is 6.92 Å². The van der Waals surface area contributed by atoms with Crippen LogP contribution in [0.25, 0.3) is 0 Å². The van der Waals surface area contributed by atoms with Crippen LogP contribution in [0.15, 0.2) is 48.5 Å². The molecule has 1 atom stereocenters. The van der Waals surface area contributed by atoms with E-state index in [9.17, 15) is 13.2 Å². The molecule has 0 aliphatic carbocycles. The molecule has 1 heterocycles. The van der Waals surface area contributed by atoms with Crippen molar-refractivity contribution in [3.8, 4) is 5.75 Å². The van der Waals surface area contributed by atoms with Crippen molar-refractivity contribution in [3.63, 3.8) is 0 Å². The van der Waals surface area contributed by atoms with Crippen LogP contribution in [0.3, 0.4) is 0 Å². The van der Waals surface area contributed by atoms with E-state index in [1.165, 1.54) is 5.56 Å². The van der Waals surface area contributed by atoms with E-state index in [-0.39, 0.29) is 30.1 Å². The summed E-state index contributed by atoms with van der Waals surface area (Å²) in [6.07, 6.45) is 0.475. The molecule has 29 heavy (non-hydrogen) atoms. The Bertz CT molecular complexity index is 951. The zero-order valence-corrected chi connectivity index (χ0v) is 18.1. The minimum Gasteiger partial charge on any atom is -0.484 e. The van der Waals surface area contributed by atoms with Gasteiger partial charge in [-0.1, -0.05) is 50.2 Å². The van der Waals surface area contributed by atoms with Crippen molar-refractivity contribution < 1.29 is 17.9 Å². The molecule has 0 bridgehead atoms. The van der Waals surface area contributed by atoms with Crippen molar-refractivity contribution in [1.82, 2.24) is 4.90 Å². The van der Waals surface area contributed by atoms with Gasteiger partial charge in [0.05, 0.1) is 11.5 Å². The Kier molecular flexibility index (Phi) is 6.63. The second kappa shape index (κ2) is 8.99. The van der Waals surface area contributed by atoms with Gasteiger partial charge in [0.15, 0.2) is 16.4 Å². The van der Waals surface area contributed by atoms with Crippen molar-refractivity contribution in [1.29, 1.82) is 0 Å². The Labute approximate surface area is 173 Å². The van der Waals surface area contributed by atoms with E-state index in [4.69, 9.17) is 4.74 Å². The van der Waals surface area contributed by atoms with Gasteiger partial charge in [0.1, 0.15) is 5.75 Å². The van der Waals surface area contributed by atoms with Gasteiger partial charge in [0.2, 0.25) is 0 Å². The van der Waals surface area contributed by atoms with E-state index in [0.29, 0.717) is 24.6 Å². The summed E-state index contributed by atoms with van der Waals surface area (Å²) in [7, 11) is -3.09. The second-order valence-electron chi connectivity index (χ2n) is 8.08. The minimum atomic E-state index is -3.09. The lowest BCUT2D eigenvalue weighted by atomic mass is 10.0. The summed E-state index contributed by atoms with van der Waals surface area (Å²) in [5.74, 6) is 1.03. The summed E-state index contributed by atoms with van der Waals surface area (Å²) in [5.41, 5.74) is 3.28. The Hall–Kier alpha value is -2.34. The fourth-order valence-corrected chi connectivity index (χ4v) is 5.31. The predicted molar refractivity (Wildman–Crippen MR) is 115 cm³/mol. The molecule has 0 radical (unpaired) electrons. The van der Waals surface area contributed by atoms with Crippen LogP contribution in [-0.4, -0.2) is 43.4 Å². The van der Waals surface area contributed by atoms with Crippen molar-refractivity contribution in [3.05, 3.63) is 65.2 Å². The summed E-state index contributed by atoms with van der Waals surface area (Å²) in [6.45, 7) is 6.51. The fourth-order valence-electron chi connectivity index (χ4n) is 3.58. The summed E-state index contributed by atoms with van der Waals surface area (Å²) in [5, 5.41) is 0. The molecular weight excluding hydrogens is 386 g/mol. The first-order chi connectivity index (χ1) is 13.7. The SMILES string of the molecule is Cc1cccc(OCC(=O)N(Cc2ccc(C(C)C)cc2)[C@H]2CCS(=O)(=O)C2)c1. The van der Waals surface area contributed by atoms with Gasteiger partial charge in [-0.2, -0.15) is 0 Å². The molecule has 0 saturated carbocycles. The lowest BCUT2D eigenvalue weighted by Crippen LogP contribution is -2.43. The lowest BCUT2D eigenvalue weighted by Gasteiger charge is -2.28. The van der Waals surface area contributed by atoms with E-state index in [1.807, 2.05) is 43.3 Å². The minimum absolute atomic E-state index is 0.0211. The van der Waals surface area contributed by atoms with Crippen LogP contribution in [-0.2, 0) is 21.2 Å². The first-order valence-electron chi connectivity index (χ1n) is 10.0. The number of rotatable bonds is 7. The highest BCUT2D eigenvalue weighted by molar-refractivity contribution is 7.91. The highest BCUT2D eigenvalue weighted by Gasteiger charge is 2.34. The average Bonchev–Trinajstić information content (AvgIpc) is 3.04. The van der Waals surface area contributed by atoms with E-state index in [2.05, 4.69) is 26.0 Å². The summed E-state index contributed by atoms with van der Waals surface area (Å²) < 4.78 is 29.7. The highest BCUT2D eigenvalue weighted by Crippen LogP contribution is 2.22. The van der Waals surface area contributed by atoms with Gasteiger partial charge in [0.25, 0.3) is 5.91 Å². The monoisotopic (exact) mass is 415 g/mol. The van der Waals surface area contributed by atoms with Crippen LogP contribution in [0.4, 0.5) is 0 Å². The molecule has 1 amide bonds. The van der Waals surface area contributed by atoms with Crippen molar-refractivity contribution >= 4 is 15.7 Å². The van der Waals surface area contributed by atoms with Crippen LogP contribution >= 0.6 is 0 Å². The lowest BCUT2D eigenvalue weighted by molar-refractivity contribution is -0.136. The van der Waals surface area contributed by atoms with Crippen molar-refractivity contribution in [2.45, 2.75) is 45.7 Å². The Morgan fingerprint density at radius 1 is 1.17 bits per heavy atom. The Morgan fingerprint density at radius 2 is 1.90 bits per heavy atom. The van der Waals surface area contributed by atoms with E-state index < -0.39 is 9.84 Å². The average molecular weight is 416 g/mol. The molecule has 6 heteroatoms. The molecule has 3 rings (SSSR count). The van der Waals surface area contributed by atoms with Gasteiger partial charge in [-0.3, -0.25) is 4.79 Å². The third kappa shape index (κ3) is 5.82. The van der Waals surface area contributed by atoms with Crippen LogP contribution in [0.5, 0.6) is 5.75 Å². The molecular formula is C23H29NO4S. The molecule has 156 valence electrons. The standard InChI is InChI=1S/C23H29NO4S/c1-17(2)20-9-7-19(8-10-20)14-24(21-11-12-29(26,27)16-21)23(25)15-28-22-6-4-5-18(3)13-22/h4-10,13,17,21H,11-12,14-16H2,1-3H3/t21-/m0/s1. The number of nitrogens with zero attached hydrogens (tertiary/aromatic N) is 1. The summed E-state index contributed by atoms with van der Waals surface area (Å²) in [4.78, 5) is 14.7. The zero-order chi connectivity index (χ0) is 21.0. The number of carbonyl (C=O) groups excluding carboxylic acids is 1. The van der Waals surface area contributed by atoms with Gasteiger partial charge in [-0.15, -0.1) is 0 Å². The number of hydrogen-bond donors (Lipinski definition) is 0. The van der Waals surface area contributed by atoms with Crippen molar-refractivity contribution in [2.75, 3.05) is 18.1 Å². The topological polar surface area (TPSA) is 63.7 Å². The maximum absolute atomic E-state index is 13.0. The molecule has 1 aliphatic heterocycles. The van der Waals surface area contributed by atoms with Crippen LogP contribution in [0.2, 0.25) is 0 Å².